The van der Waals surface area contributed by atoms with Gasteiger partial charge in [-0.15, -0.1) is 21.5 Å². The minimum absolute atomic E-state index is 0.365. The largest absolute Gasteiger partial charge is 0.378 e. The number of hydrogen-bond acceptors (Lipinski definition) is 7. The van der Waals surface area contributed by atoms with Crippen molar-refractivity contribution >= 4 is 27.8 Å². The molecule has 0 saturated carbocycles. The molecule has 0 atom stereocenters. The van der Waals surface area contributed by atoms with E-state index in [0.29, 0.717) is 12.5 Å². The van der Waals surface area contributed by atoms with Crippen LogP contribution < -0.4 is 5.32 Å². The highest BCUT2D eigenvalue weighted by atomic mass is 32.1. The summed E-state index contributed by atoms with van der Waals surface area (Å²) in [5.41, 5.74) is 1.07. The first-order valence-corrected chi connectivity index (χ1v) is 7.29. The number of rotatable bonds is 5. The first-order chi connectivity index (χ1) is 8.65. The fourth-order valence-corrected chi connectivity index (χ4v) is 3.49. The molecule has 0 radical (unpaired) electrons. The minimum Gasteiger partial charge on any atom is -0.378 e. The zero-order chi connectivity index (χ0) is 13.1. The van der Waals surface area contributed by atoms with Gasteiger partial charge in [0.25, 0.3) is 0 Å². The standard InChI is InChI=1S/C11H16N4OS2/c1-6(2)8-9(17-7(13-8)5-16-4)10-14-15-11(12-3)18-10/h6H,5H2,1-4H3,(H,12,15). The monoisotopic (exact) mass is 284 g/mol. The lowest BCUT2D eigenvalue weighted by atomic mass is 10.1. The molecular formula is C11H16N4OS2. The van der Waals surface area contributed by atoms with Gasteiger partial charge in [-0.1, -0.05) is 25.2 Å². The van der Waals surface area contributed by atoms with E-state index in [9.17, 15) is 0 Å². The van der Waals surface area contributed by atoms with Crippen molar-refractivity contribution in [1.29, 1.82) is 0 Å². The van der Waals surface area contributed by atoms with Crippen LogP contribution in [-0.4, -0.2) is 29.3 Å². The normalized spacial score (nSPS) is 11.2. The minimum atomic E-state index is 0.365. The molecule has 2 heterocycles. The van der Waals surface area contributed by atoms with Gasteiger partial charge in [-0.2, -0.15) is 0 Å². The van der Waals surface area contributed by atoms with Crippen LogP contribution in [-0.2, 0) is 11.3 Å². The van der Waals surface area contributed by atoms with Crippen LogP contribution in [0, 0.1) is 0 Å². The van der Waals surface area contributed by atoms with Crippen LogP contribution in [0.1, 0.15) is 30.5 Å². The van der Waals surface area contributed by atoms with E-state index in [1.165, 1.54) is 0 Å². The Kier molecular flexibility index (Phi) is 4.26. The number of aromatic nitrogens is 3. The Hall–Kier alpha value is -1.05. The number of thiazole rings is 1. The molecule has 2 aromatic rings. The highest BCUT2D eigenvalue weighted by molar-refractivity contribution is 7.23. The summed E-state index contributed by atoms with van der Waals surface area (Å²) >= 11 is 3.18. The summed E-state index contributed by atoms with van der Waals surface area (Å²) in [5, 5.41) is 14.0. The second-order valence-corrected chi connectivity index (χ2v) is 6.13. The van der Waals surface area contributed by atoms with Gasteiger partial charge in [0.1, 0.15) is 5.01 Å². The van der Waals surface area contributed by atoms with Crippen LogP contribution in [0.25, 0.3) is 9.88 Å². The first-order valence-electron chi connectivity index (χ1n) is 5.65. The van der Waals surface area contributed by atoms with Gasteiger partial charge < -0.3 is 10.1 Å². The lowest BCUT2D eigenvalue weighted by Gasteiger charge is -2.01. The number of nitrogens with zero attached hydrogens (tertiary/aromatic N) is 3. The molecule has 5 nitrogen and oxygen atoms in total. The summed E-state index contributed by atoms with van der Waals surface area (Å²) in [6, 6.07) is 0. The van der Waals surface area contributed by atoms with E-state index < -0.39 is 0 Å². The Morgan fingerprint density at radius 3 is 2.61 bits per heavy atom. The molecule has 1 N–H and O–H groups in total. The summed E-state index contributed by atoms with van der Waals surface area (Å²) in [4.78, 5) is 5.73. The Bertz CT molecular complexity index is 521. The predicted molar refractivity (Wildman–Crippen MR) is 75.4 cm³/mol. The highest BCUT2D eigenvalue weighted by Crippen LogP contribution is 2.37. The van der Waals surface area contributed by atoms with Crippen LogP contribution in [0.4, 0.5) is 5.13 Å². The molecule has 0 aliphatic carbocycles. The third-order valence-corrected chi connectivity index (χ3v) is 4.48. The van der Waals surface area contributed by atoms with Gasteiger partial charge >= 0.3 is 0 Å². The molecule has 0 aliphatic heterocycles. The Morgan fingerprint density at radius 2 is 2.06 bits per heavy atom. The maximum absolute atomic E-state index is 5.14. The topological polar surface area (TPSA) is 59.9 Å². The molecule has 0 spiro atoms. The van der Waals surface area contributed by atoms with Crippen LogP contribution >= 0.6 is 22.7 Å². The average Bonchev–Trinajstić information content (AvgIpc) is 2.94. The van der Waals surface area contributed by atoms with E-state index in [1.807, 2.05) is 7.05 Å². The fourth-order valence-electron chi connectivity index (χ4n) is 1.52. The molecule has 0 saturated heterocycles. The summed E-state index contributed by atoms with van der Waals surface area (Å²) in [7, 11) is 3.52. The van der Waals surface area contributed by atoms with Crippen LogP contribution in [0.2, 0.25) is 0 Å². The number of ether oxygens (including phenoxy) is 1. The zero-order valence-corrected chi connectivity index (χ0v) is 12.5. The van der Waals surface area contributed by atoms with Gasteiger partial charge in [0.05, 0.1) is 17.2 Å². The lowest BCUT2D eigenvalue weighted by Crippen LogP contribution is -1.92. The van der Waals surface area contributed by atoms with Gasteiger partial charge in [0.15, 0.2) is 5.01 Å². The lowest BCUT2D eigenvalue weighted by molar-refractivity contribution is 0.184. The molecule has 0 bridgehead atoms. The maximum Gasteiger partial charge on any atom is 0.205 e. The van der Waals surface area contributed by atoms with Crippen LogP contribution in [0.3, 0.4) is 0 Å². The molecule has 0 amide bonds. The second kappa shape index (κ2) is 5.73. The van der Waals surface area contributed by atoms with Gasteiger partial charge in [-0.05, 0) is 5.92 Å². The van der Waals surface area contributed by atoms with Gasteiger partial charge in [0.2, 0.25) is 5.13 Å². The molecule has 0 aliphatic rings. The van der Waals surface area contributed by atoms with Crippen LogP contribution in [0.15, 0.2) is 0 Å². The molecular weight excluding hydrogens is 268 g/mol. The number of hydrogen-bond donors (Lipinski definition) is 1. The molecule has 2 rings (SSSR count). The van der Waals surface area contributed by atoms with E-state index in [4.69, 9.17) is 4.74 Å². The summed E-state index contributed by atoms with van der Waals surface area (Å²) in [6.07, 6.45) is 0. The Balaban J connectivity index is 2.41. The Morgan fingerprint density at radius 1 is 1.28 bits per heavy atom. The van der Waals surface area contributed by atoms with E-state index in [1.54, 1.807) is 29.8 Å². The molecule has 7 heteroatoms. The summed E-state index contributed by atoms with van der Waals surface area (Å²) in [5.74, 6) is 0.365. The van der Waals surface area contributed by atoms with Crippen molar-refractivity contribution in [3.63, 3.8) is 0 Å². The van der Waals surface area contributed by atoms with Crippen molar-refractivity contribution in [2.24, 2.45) is 0 Å². The molecule has 0 unspecified atom stereocenters. The molecule has 0 fully saturated rings. The van der Waals surface area contributed by atoms with Crippen molar-refractivity contribution in [1.82, 2.24) is 15.2 Å². The van der Waals surface area contributed by atoms with Crippen molar-refractivity contribution in [2.45, 2.75) is 26.4 Å². The van der Waals surface area contributed by atoms with Crippen molar-refractivity contribution < 1.29 is 4.74 Å². The van der Waals surface area contributed by atoms with E-state index >= 15 is 0 Å². The number of anilines is 1. The summed E-state index contributed by atoms with van der Waals surface area (Å²) < 4.78 is 5.14. The molecule has 0 aromatic carbocycles. The third kappa shape index (κ3) is 2.68. The predicted octanol–water partition coefficient (Wildman–Crippen LogP) is 2.97. The molecule has 18 heavy (non-hydrogen) atoms. The quantitative estimate of drug-likeness (QED) is 0.914. The van der Waals surface area contributed by atoms with Gasteiger partial charge in [-0.3, -0.25) is 0 Å². The SMILES string of the molecule is CNc1nnc(-c2sc(COC)nc2C(C)C)s1. The number of nitrogens with one attached hydrogen (secondary N) is 1. The average molecular weight is 284 g/mol. The van der Waals surface area contributed by atoms with Gasteiger partial charge in [0, 0.05) is 14.2 Å². The zero-order valence-electron chi connectivity index (χ0n) is 10.9. The second-order valence-electron chi connectivity index (χ2n) is 4.07. The smallest absolute Gasteiger partial charge is 0.205 e. The van der Waals surface area contributed by atoms with E-state index in [-0.39, 0.29) is 0 Å². The van der Waals surface area contributed by atoms with Gasteiger partial charge in [-0.25, -0.2) is 4.98 Å². The van der Waals surface area contributed by atoms with Crippen LogP contribution in [0.5, 0.6) is 0 Å². The van der Waals surface area contributed by atoms with Crippen molar-refractivity contribution in [2.75, 3.05) is 19.5 Å². The maximum atomic E-state index is 5.14. The summed E-state index contributed by atoms with van der Waals surface area (Å²) in [6.45, 7) is 4.81. The third-order valence-electron chi connectivity index (χ3n) is 2.35. The first kappa shape index (κ1) is 13.4. The van der Waals surface area contributed by atoms with Crippen molar-refractivity contribution in [3.05, 3.63) is 10.7 Å². The van der Waals surface area contributed by atoms with E-state index in [2.05, 4.69) is 34.3 Å². The fraction of sp³-hybridized carbons (Fsp3) is 0.545. The van der Waals surface area contributed by atoms with E-state index in [0.717, 1.165) is 25.7 Å². The Labute approximate surface area is 114 Å². The van der Waals surface area contributed by atoms with Crippen molar-refractivity contribution in [3.8, 4) is 9.88 Å². The molecule has 98 valence electrons. The highest BCUT2D eigenvalue weighted by Gasteiger charge is 2.19. The number of methoxy groups -OCH3 is 1. The molecule has 2 aromatic heterocycles.